The standard InChI is InChI=1S/C13H15Cl3/c1-13(2,3)12(16)8-7-9-10(14)5-4-6-11(9)15/h4-8,12H,1-3H3. The fourth-order valence-corrected chi connectivity index (χ4v) is 1.74. The fraction of sp³-hybridized carbons (Fsp3) is 0.385. The average molecular weight is 278 g/mol. The van der Waals surface area contributed by atoms with Crippen molar-refractivity contribution in [1.29, 1.82) is 0 Å². The predicted molar refractivity (Wildman–Crippen MR) is 74.6 cm³/mol. The van der Waals surface area contributed by atoms with E-state index in [4.69, 9.17) is 34.8 Å². The lowest BCUT2D eigenvalue weighted by molar-refractivity contribution is 0.428. The second-order valence-electron chi connectivity index (χ2n) is 4.76. The van der Waals surface area contributed by atoms with Crippen LogP contribution in [0, 0.1) is 5.41 Å². The van der Waals surface area contributed by atoms with Crippen LogP contribution in [0.5, 0.6) is 0 Å². The van der Waals surface area contributed by atoms with Gasteiger partial charge in [0.25, 0.3) is 0 Å². The minimum Gasteiger partial charge on any atom is -0.118 e. The van der Waals surface area contributed by atoms with E-state index in [1.54, 1.807) is 0 Å². The van der Waals surface area contributed by atoms with Gasteiger partial charge in [0.1, 0.15) is 0 Å². The molecular formula is C13H15Cl3. The molecule has 88 valence electrons. The van der Waals surface area contributed by atoms with E-state index in [0.29, 0.717) is 10.0 Å². The third kappa shape index (κ3) is 3.69. The topological polar surface area (TPSA) is 0 Å². The molecule has 0 amide bonds. The molecule has 1 aromatic rings. The van der Waals surface area contributed by atoms with Crippen LogP contribution in [0.25, 0.3) is 6.08 Å². The molecule has 0 radical (unpaired) electrons. The van der Waals surface area contributed by atoms with Crippen LogP contribution in [0.2, 0.25) is 10.0 Å². The monoisotopic (exact) mass is 276 g/mol. The molecule has 3 heteroatoms. The van der Waals surface area contributed by atoms with E-state index in [0.717, 1.165) is 5.56 Å². The first-order valence-corrected chi connectivity index (χ1v) is 6.28. The summed E-state index contributed by atoms with van der Waals surface area (Å²) >= 11 is 18.3. The largest absolute Gasteiger partial charge is 0.118 e. The Balaban J connectivity index is 2.93. The Kier molecular flexibility index (Phi) is 4.73. The van der Waals surface area contributed by atoms with Gasteiger partial charge in [-0.05, 0) is 17.5 Å². The molecule has 0 aliphatic carbocycles. The maximum absolute atomic E-state index is 6.24. The quantitative estimate of drug-likeness (QED) is 0.612. The number of allylic oxidation sites excluding steroid dienone is 1. The Hall–Kier alpha value is -0.170. The van der Waals surface area contributed by atoms with Gasteiger partial charge in [-0.25, -0.2) is 0 Å². The molecule has 1 aromatic carbocycles. The van der Waals surface area contributed by atoms with E-state index in [2.05, 4.69) is 20.8 Å². The van der Waals surface area contributed by atoms with Gasteiger partial charge in [0.15, 0.2) is 0 Å². The number of rotatable bonds is 2. The molecule has 0 aliphatic rings. The van der Waals surface area contributed by atoms with E-state index in [1.807, 2.05) is 30.4 Å². The van der Waals surface area contributed by atoms with Gasteiger partial charge in [0.2, 0.25) is 0 Å². The summed E-state index contributed by atoms with van der Waals surface area (Å²) in [5, 5.41) is 1.22. The molecule has 0 bridgehead atoms. The van der Waals surface area contributed by atoms with Crippen molar-refractivity contribution in [2.45, 2.75) is 26.1 Å². The van der Waals surface area contributed by atoms with Crippen molar-refractivity contribution in [3.05, 3.63) is 39.9 Å². The molecule has 1 rings (SSSR count). The van der Waals surface area contributed by atoms with Gasteiger partial charge in [-0.15, -0.1) is 11.6 Å². The van der Waals surface area contributed by atoms with Crippen molar-refractivity contribution in [1.82, 2.24) is 0 Å². The van der Waals surface area contributed by atoms with Crippen molar-refractivity contribution in [3.63, 3.8) is 0 Å². The average Bonchev–Trinajstić information content (AvgIpc) is 2.15. The maximum atomic E-state index is 6.24. The van der Waals surface area contributed by atoms with Crippen LogP contribution in [0.1, 0.15) is 26.3 Å². The lowest BCUT2D eigenvalue weighted by atomic mass is 9.91. The summed E-state index contributed by atoms with van der Waals surface area (Å²) < 4.78 is 0. The Bertz CT molecular complexity index is 368. The lowest BCUT2D eigenvalue weighted by Gasteiger charge is -2.22. The molecule has 0 fully saturated rings. The van der Waals surface area contributed by atoms with Crippen molar-refractivity contribution in [3.8, 4) is 0 Å². The molecule has 0 heterocycles. The number of benzene rings is 1. The van der Waals surface area contributed by atoms with E-state index in [1.165, 1.54) is 0 Å². The highest BCUT2D eigenvalue weighted by atomic mass is 35.5. The Morgan fingerprint density at radius 2 is 1.62 bits per heavy atom. The Morgan fingerprint density at radius 1 is 1.12 bits per heavy atom. The SMILES string of the molecule is CC(C)(C)C(Cl)C=Cc1c(Cl)cccc1Cl. The van der Waals surface area contributed by atoms with Crippen molar-refractivity contribution < 1.29 is 0 Å². The highest BCUT2D eigenvalue weighted by Crippen LogP contribution is 2.29. The Labute approximate surface area is 112 Å². The van der Waals surface area contributed by atoms with Crippen LogP contribution in [0.4, 0.5) is 0 Å². The fourth-order valence-electron chi connectivity index (χ4n) is 1.14. The number of hydrogen-bond acceptors (Lipinski definition) is 0. The van der Waals surface area contributed by atoms with Crippen molar-refractivity contribution in [2.24, 2.45) is 5.41 Å². The first-order valence-electron chi connectivity index (χ1n) is 5.08. The summed E-state index contributed by atoms with van der Waals surface area (Å²) in [6, 6.07) is 5.45. The molecule has 0 saturated carbocycles. The molecule has 0 N–H and O–H groups in total. The third-order valence-corrected chi connectivity index (χ3v) is 3.72. The number of halogens is 3. The minimum atomic E-state index is -0.0557. The molecule has 1 unspecified atom stereocenters. The van der Waals surface area contributed by atoms with Gasteiger partial charge in [-0.3, -0.25) is 0 Å². The van der Waals surface area contributed by atoms with Crippen molar-refractivity contribution in [2.75, 3.05) is 0 Å². The predicted octanol–water partition coefficient (Wildman–Crippen LogP) is 5.66. The summed E-state index contributed by atoms with van der Waals surface area (Å²) in [4.78, 5) is 0. The van der Waals surface area contributed by atoms with Crippen molar-refractivity contribution >= 4 is 40.9 Å². The van der Waals surface area contributed by atoms with Gasteiger partial charge in [-0.2, -0.15) is 0 Å². The van der Waals surface area contributed by atoms with Crippen LogP contribution < -0.4 is 0 Å². The van der Waals surface area contributed by atoms with E-state index in [-0.39, 0.29) is 10.8 Å². The molecule has 0 aromatic heterocycles. The second-order valence-corrected chi connectivity index (χ2v) is 6.05. The van der Waals surface area contributed by atoms with Gasteiger partial charge < -0.3 is 0 Å². The smallest absolute Gasteiger partial charge is 0.0567 e. The molecule has 0 nitrogen and oxygen atoms in total. The first-order chi connectivity index (χ1) is 7.32. The number of alkyl halides is 1. The minimum absolute atomic E-state index is 0.0196. The normalized spacial score (nSPS) is 14.4. The molecule has 0 saturated heterocycles. The zero-order valence-electron chi connectivity index (χ0n) is 9.60. The van der Waals surface area contributed by atoms with E-state index >= 15 is 0 Å². The van der Waals surface area contributed by atoms with Gasteiger partial charge >= 0.3 is 0 Å². The van der Waals surface area contributed by atoms with Crippen LogP contribution in [-0.4, -0.2) is 5.38 Å². The van der Waals surface area contributed by atoms with E-state index < -0.39 is 0 Å². The van der Waals surface area contributed by atoms with Gasteiger partial charge in [0.05, 0.1) is 5.38 Å². The summed E-state index contributed by atoms with van der Waals surface area (Å²) in [6.45, 7) is 6.26. The van der Waals surface area contributed by atoms with Crippen LogP contribution >= 0.6 is 34.8 Å². The van der Waals surface area contributed by atoms with Gasteiger partial charge in [-0.1, -0.05) is 62.2 Å². The second kappa shape index (κ2) is 5.44. The zero-order valence-corrected chi connectivity index (χ0v) is 11.9. The molecular weight excluding hydrogens is 263 g/mol. The van der Waals surface area contributed by atoms with Gasteiger partial charge in [0, 0.05) is 15.6 Å². The summed E-state index contributed by atoms with van der Waals surface area (Å²) in [6.07, 6.45) is 3.81. The summed E-state index contributed by atoms with van der Waals surface area (Å²) in [5.74, 6) is 0. The first kappa shape index (κ1) is 13.9. The Morgan fingerprint density at radius 3 is 2.06 bits per heavy atom. The highest BCUT2D eigenvalue weighted by molar-refractivity contribution is 6.37. The van der Waals surface area contributed by atoms with Crippen LogP contribution in [-0.2, 0) is 0 Å². The molecule has 16 heavy (non-hydrogen) atoms. The highest BCUT2D eigenvalue weighted by Gasteiger charge is 2.19. The lowest BCUT2D eigenvalue weighted by Crippen LogP contribution is -2.17. The molecule has 0 aliphatic heterocycles. The zero-order chi connectivity index (χ0) is 12.3. The third-order valence-electron chi connectivity index (χ3n) is 2.26. The van der Waals surface area contributed by atoms with Crippen LogP contribution in [0.15, 0.2) is 24.3 Å². The van der Waals surface area contributed by atoms with E-state index in [9.17, 15) is 0 Å². The number of hydrogen-bond donors (Lipinski definition) is 0. The molecule has 1 atom stereocenters. The summed E-state index contributed by atoms with van der Waals surface area (Å²) in [5.41, 5.74) is 0.840. The molecule has 0 spiro atoms. The maximum Gasteiger partial charge on any atom is 0.0567 e. The van der Waals surface area contributed by atoms with Crippen LogP contribution in [0.3, 0.4) is 0 Å². The summed E-state index contributed by atoms with van der Waals surface area (Å²) in [7, 11) is 0.